The van der Waals surface area contributed by atoms with Crippen molar-refractivity contribution in [2.45, 2.75) is 13.3 Å². The van der Waals surface area contributed by atoms with E-state index in [1.54, 1.807) is 31.4 Å². The lowest BCUT2D eigenvalue weighted by Crippen LogP contribution is -2.12. The predicted molar refractivity (Wildman–Crippen MR) is 115 cm³/mol. The zero-order chi connectivity index (χ0) is 21.8. The number of carbonyl (C=O) groups is 1. The molecule has 1 amide bonds. The first-order valence-corrected chi connectivity index (χ1v) is 9.87. The second kappa shape index (κ2) is 12.4. The number of hydrogen-bond donors (Lipinski definition) is 1. The van der Waals surface area contributed by atoms with Gasteiger partial charge in [0.2, 0.25) is 5.13 Å². The van der Waals surface area contributed by atoms with Crippen LogP contribution in [0.5, 0.6) is 11.5 Å². The van der Waals surface area contributed by atoms with E-state index >= 15 is 0 Å². The monoisotopic (exact) mass is 429 g/mol. The first kappa shape index (κ1) is 23.1. The van der Waals surface area contributed by atoms with Crippen LogP contribution >= 0.6 is 11.3 Å². The molecule has 30 heavy (non-hydrogen) atoms. The topological polar surface area (TPSA) is 91.8 Å². The van der Waals surface area contributed by atoms with Crippen molar-refractivity contribution in [2.24, 2.45) is 0 Å². The summed E-state index contributed by atoms with van der Waals surface area (Å²) in [5, 5.41) is 11.7. The number of rotatable bonds is 11. The van der Waals surface area contributed by atoms with Gasteiger partial charge in [-0.25, -0.2) is 0 Å². The summed E-state index contributed by atoms with van der Waals surface area (Å²) < 4.78 is 21.1. The molecule has 0 aliphatic rings. The highest BCUT2D eigenvalue weighted by atomic mass is 32.1. The van der Waals surface area contributed by atoms with Gasteiger partial charge in [0, 0.05) is 7.11 Å². The summed E-state index contributed by atoms with van der Waals surface area (Å²) in [6.07, 6.45) is 7.80. The second-order valence-corrected chi connectivity index (χ2v) is 6.75. The quantitative estimate of drug-likeness (QED) is 0.193. The Labute approximate surface area is 179 Å². The van der Waals surface area contributed by atoms with Crippen molar-refractivity contribution in [2.75, 3.05) is 39.5 Å². The van der Waals surface area contributed by atoms with E-state index in [9.17, 15) is 4.79 Å². The first-order valence-electron chi connectivity index (χ1n) is 9.05. The fourth-order valence-electron chi connectivity index (χ4n) is 2.13. The summed E-state index contributed by atoms with van der Waals surface area (Å²) in [5.74, 6) is 2.88. The Morgan fingerprint density at radius 2 is 2.10 bits per heavy atom. The summed E-state index contributed by atoms with van der Waals surface area (Å²) in [5.41, 5.74) is 3.59. The molecular formula is C21H23N3O5S. The molecule has 9 heteroatoms. The maximum absolute atomic E-state index is 12.3. The lowest BCUT2D eigenvalue weighted by atomic mass is 10.1. The van der Waals surface area contributed by atoms with Gasteiger partial charge in [-0.1, -0.05) is 36.0 Å². The van der Waals surface area contributed by atoms with E-state index in [1.807, 2.05) is 6.92 Å². The molecule has 1 aromatic heterocycles. The SMILES string of the molecule is C#CC(=C=Cc1ccc(OCOCCOC)c(OC)c1)C(=O)Nc1nnc(CC)s1. The van der Waals surface area contributed by atoms with Gasteiger partial charge in [-0.3, -0.25) is 10.1 Å². The molecule has 0 saturated heterocycles. The summed E-state index contributed by atoms with van der Waals surface area (Å²) in [6.45, 7) is 2.95. The third-order valence-electron chi connectivity index (χ3n) is 3.66. The molecule has 1 N–H and O–H groups in total. The van der Waals surface area contributed by atoms with Gasteiger partial charge in [0.25, 0.3) is 5.91 Å². The highest BCUT2D eigenvalue weighted by Crippen LogP contribution is 2.28. The van der Waals surface area contributed by atoms with Crippen LogP contribution in [0.25, 0.3) is 6.08 Å². The number of methoxy groups -OCH3 is 2. The Balaban J connectivity index is 2.08. The molecule has 0 aliphatic carbocycles. The van der Waals surface area contributed by atoms with Gasteiger partial charge in [-0.2, -0.15) is 0 Å². The number of terminal acetylenes is 1. The van der Waals surface area contributed by atoms with Crippen LogP contribution in [-0.2, 0) is 20.7 Å². The minimum Gasteiger partial charge on any atom is -0.493 e. The van der Waals surface area contributed by atoms with Crippen molar-refractivity contribution in [1.82, 2.24) is 10.2 Å². The Morgan fingerprint density at radius 1 is 1.27 bits per heavy atom. The molecule has 0 saturated carbocycles. The molecule has 0 bridgehead atoms. The van der Waals surface area contributed by atoms with Crippen LogP contribution in [0.3, 0.4) is 0 Å². The number of nitrogens with one attached hydrogen (secondary N) is 1. The van der Waals surface area contributed by atoms with E-state index in [-0.39, 0.29) is 12.4 Å². The first-order chi connectivity index (χ1) is 14.6. The van der Waals surface area contributed by atoms with E-state index in [1.165, 1.54) is 18.4 Å². The molecule has 1 heterocycles. The number of carbonyl (C=O) groups excluding carboxylic acids is 1. The number of benzene rings is 1. The average molecular weight is 429 g/mol. The lowest BCUT2D eigenvalue weighted by molar-refractivity contribution is -0.112. The van der Waals surface area contributed by atoms with Gasteiger partial charge in [-0.15, -0.1) is 16.6 Å². The molecule has 8 nitrogen and oxygen atoms in total. The van der Waals surface area contributed by atoms with Crippen LogP contribution < -0.4 is 14.8 Å². The van der Waals surface area contributed by atoms with Crippen LogP contribution in [0.4, 0.5) is 5.13 Å². The molecule has 0 radical (unpaired) electrons. The third-order valence-corrected chi connectivity index (χ3v) is 4.64. The molecule has 0 unspecified atom stereocenters. The van der Waals surface area contributed by atoms with Crippen molar-refractivity contribution < 1.29 is 23.7 Å². The minimum atomic E-state index is -0.479. The number of hydrogen-bond acceptors (Lipinski definition) is 8. The molecule has 0 atom stereocenters. The van der Waals surface area contributed by atoms with Gasteiger partial charge < -0.3 is 18.9 Å². The number of nitrogens with zero attached hydrogens (tertiary/aromatic N) is 2. The summed E-state index contributed by atoms with van der Waals surface area (Å²) in [7, 11) is 3.13. The third kappa shape index (κ3) is 7.03. The van der Waals surface area contributed by atoms with E-state index in [2.05, 4.69) is 27.2 Å². The number of amides is 1. The molecule has 1 aromatic carbocycles. The molecule has 0 aliphatic heterocycles. The van der Waals surface area contributed by atoms with Crippen molar-refractivity contribution in [3.63, 3.8) is 0 Å². The van der Waals surface area contributed by atoms with E-state index in [0.717, 1.165) is 17.0 Å². The zero-order valence-corrected chi connectivity index (χ0v) is 17.9. The summed E-state index contributed by atoms with van der Waals surface area (Å²) >= 11 is 1.30. The van der Waals surface area contributed by atoms with E-state index in [4.69, 9.17) is 25.4 Å². The molecule has 0 spiro atoms. The van der Waals surface area contributed by atoms with Gasteiger partial charge in [0.05, 0.1) is 20.3 Å². The van der Waals surface area contributed by atoms with Gasteiger partial charge >= 0.3 is 0 Å². The summed E-state index contributed by atoms with van der Waals surface area (Å²) in [4.78, 5) is 12.3. The smallest absolute Gasteiger partial charge is 0.273 e. The number of aromatic nitrogens is 2. The highest BCUT2D eigenvalue weighted by Gasteiger charge is 2.10. The predicted octanol–water partition coefficient (Wildman–Crippen LogP) is 2.92. The Bertz CT molecular complexity index is 958. The molecular weight excluding hydrogens is 406 g/mol. The van der Waals surface area contributed by atoms with E-state index in [0.29, 0.717) is 29.8 Å². The van der Waals surface area contributed by atoms with Gasteiger partial charge in [0.15, 0.2) is 18.3 Å². The lowest BCUT2D eigenvalue weighted by Gasteiger charge is -2.11. The fourth-order valence-corrected chi connectivity index (χ4v) is 2.81. The highest BCUT2D eigenvalue weighted by molar-refractivity contribution is 7.15. The summed E-state index contributed by atoms with van der Waals surface area (Å²) in [6, 6.07) is 5.25. The van der Waals surface area contributed by atoms with Gasteiger partial charge in [0.1, 0.15) is 10.6 Å². The Kier molecular flexibility index (Phi) is 9.58. The normalized spacial score (nSPS) is 9.93. The molecule has 2 aromatic rings. The maximum Gasteiger partial charge on any atom is 0.273 e. The van der Waals surface area contributed by atoms with Crippen LogP contribution in [0, 0.1) is 12.3 Å². The Hall–Kier alpha value is -3.15. The number of anilines is 1. The van der Waals surface area contributed by atoms with Crippen LogP contribution in [0.15, 0.2) is 29.5 Å². The van der Waals surface area contributed by atoms with Crippen molar-refractivity contribution in [3.8, 4) is 23.8 Å². The number of ether oxygens (including phenoxy) is 4. The minimum absolute atomic E-state index is 0.0362. The molecule has 2 rings (SSSR count). The van der Waals surface area contributed by atoms with Crippen LogP contribution in [-0.4, -0.2) is 50.3 Å². The van der Waals surface area contributed by atoms with Gasteiger partial charge in [-0.05, 0) is 30.2 Å². The average Bonchev–Trinajstić information content (AvgIpc) is 3.22. The number of aryl methyl sites for hydroxylation is 1. The van der Waals surface area contributed by atoms with Crippen molar-refractivity contribution in [3.05, 3.63) is 40.1 Å². The largest absolute Gasteiger partial charge is 0.493 e. The maximum atomic E-state index is 12.3. The fraction of sp³-hybridized carbons (Fsp3) is 0.333. The van der Waals surface area contributed by atoms with Crippen molar-refractivity contribution >= 4 is 28.5 Å². The van der Waals surface area contributed by atoms with E-state index < -0.39 is 5.91 Å². The van der Waals surface area contributed by atoms with Crippen LogP contribution in [0.1, 0.15) is 17.5 Å². The zero-order valence-electron chi connectivity index (χ0n) is 17.1. The Morgan fingerprint density at radius 3 is 2.77 bits per heavy atom. The second-order valence-electron chi connectivity index (χ2n) is 5.69. The van der Waals surface area contributed by atoms with Crippen molar-refractivity contribution in [1.29, 1.82) is 0 Å². The molecule has 158 valence electrons. The molecule has 0 fully saturated rings. The van der Waals surface area contributed by atoms with Crippen LogP contribution in [0.2, 0.25) is 0 Å². The standard InChI is InChI=1S/C21H23N3O5S/c1-5-16(20(25)22-21-24-23-19(6-2)30-21)9-7-15-8-10-17(18(13-15)27-4)29-14-28-12-11-26-3/h1,7-8,10,13H,6,11-12,14H2,2-4H3,(H,22,24,25).